The van der Waals surface area contributed by atoms with Gasteiger partial charge in [0.15, 0.2) is 0 Å². The highest BCUT2D eigenvalue weighted by atomic mass is 14.9. The van der Waals surface area contributed by atoms with Crippen molar-refractivity contribution in [2.75, 3.05) is 13.1 Å². The van der Waals surface area contributed by atoms with Crippen LogP contribution in [0.4, 0.5) is 0 Å². The van der Waals surface area contributed by atoms with E-state index in [-0.39, 0.29) is 0 Å². The van der Waals surface area contributed by atoms with Crippen molar-refractivity contribution in [3.8, 4) is 0 Å². The van der Waals surface area contributed by atoms with E-state index < -0.39 is 0 Å². The molecule has 15 heavy (non-hydrogen) atoms. The van der Waals surface area contributed by atoms with Crippen molar-refractivity contribution >= 4 is 0 Å². The van der Waals surface area contributed by atoms with Gasteiger partial charge in [0.05, 0.1) is 0 Å². The summed E-state index contributed by atoms with van der Waals surface area (Å²) in [6, 6.07) is 0. The second-order valence-corrected chi connectivity index (χ2v) is 4.74. The largest absolute Gasteiger partial charge is 0.316 e. The third-order valence-electron chi connectivity index (χ3n) is 2.79. The SMILES string of the molecule is CC(C)Cc1cnc(C2CCNC2)nc1. The summed E-state index contributed by atoms with van der Waals surface area (Å²) >= 11 is 0. The zero-order valence-electron chi connectivity index (χ0n) is 9.53. The molecule has 1 aliphatic heterocycles. The summed E-state index contributed by atoms with van der Waals surface area (Å²) in [7, 11) is 0. The van der Waals surface area contributed by atoms with Gasteiger partial charge < -0.3 is 5.32 Å². The van der Waals surface area contributed by atoms with Gasteiger partial charge in [-0.2, -0.15) is 0 Å². The number of nitrogens with one attached hydrogen (secondary N) is 1. The van der Waals surface area contributed by atoms with Crippen LogP contribution in [-0.4, -0.2) is 23.1 Å². The highest BCUT2D eigenvalue weighted by Crippen LogP contribution is 2.18. The Morgan fingerprint density at radius 2 is 2.13 bits per heavy atom. The molecule has 2 rings (SSSR count). The molecule has 2 heterocycles. The molecule has 1 aromatic rings. The van der Waals surface area contributed by atoms with Gasteiger partial charge in [-0.15, -0.1) is 0 Å². The molecule has 0 bridgehead atoms. The quantitative estimate of drug-likeness (QED) is 0.817. The summed E-state index contributed by atoms with van der Waals surface area (Å²) in [5.74, 6) is 2.21. The van der Waals surface area contributed by atoms with Crippen LogP contribution in [0.5, 0.6) is 0 Å². The van der Waals surface area contributed by atoms with Gasteiger partial charge in [-0.25, -0.2) is 9.97 Å². The maximum absolute atomic E-state index is 4.46. The van der Waals surface area contributed by atoms with E-state index in [0.717, 1.165) is 25.3 Å². The highest BCUT2D eigenvalue weighted by Gasteiger charge is 2.18. The zero-order valence-corrected chi connectivity index (χ0v) is 9.53. The third kappa shape index (κ3) is 2.75. The van der Waals surface area contributed by atoms with Crippen LogP contribution >= 0.6 is 0 Å². The Morgan fingerprint density at radius 3 is 2.67 bits per heavy atom. The highest BCUT2D eigenvalue weighted by molar-refractivity contribution is 5.09. The van der Waals surface area contributed by atoms with Gasteiger partial charge in [-0.3, -0.25) is 0 Å². The average molecular weight is 205 g/mol. The minimum Gasteiger partial charge on any atom is -0.316 e. The smallest absolute Gasteiger partial charge is 0.132 e. The Balaban J connectivity index is 2.03. The molecule has 1 N–H and O–H groups in total. The molecule has 1 aromatic heterocycles. The van der Waals surface area contributed by atoms with Crippen LogP contribution in [0.25, 0.3) is 0 Å². The third-order valence-corrected chi connectivity index (χ3v) is 2.79. The summed E-state index contributed by atoms with van der Waals surface area (Å²) in [5.41, 5.74) is 1.25. The molecular weight excluding hydrogens is 186 g/mol. The van der Waals surface area contributed by atoms with Gasteiger partial charge in [0.2, 0.25) is 0 Å². The van der Waals surface area contributed by atoms with E-state index in [1.807, 2.05) is 12.4 Å². The molecule has 0 amide bonds. The van der Waals surface area contributed by atoms with E-state index in [9.17, 15) is 0 Å². The molecule has 82 valence electrons. The van der Waals surface area contributed by atoms with Gasteiger partial charge in [-0.1, -0.05) is 13.8 Å². The molecule has 1 unspecified atom stereocenters. The summed E-state index contributed by atoms with van der Waals surface area (Å²) < 4.78 is 0. The van der Waals surface area contributed by atoms with Gasteiger partial charge >= 0.3 is 0 Å². The lowest BCUT2D eigenvalue weighted by Crippen LogP contribution is -2.10. The number of nitrogens with zero attached hydrogens (tertiary/aromatic N) is 2. The summed E-state index contributed by atoms with van der Waals surface area (Å²) in [4.78, 5) is 8.93. The minimum atomic E-state index is 0.526. The van der Waals surface area contributed by atoms with Gasteiger partial charge in [0.1, 0.15) is 5.82 Å². The summed E-state index contributed by atoms with van der Waals surface area (Å²) in [5, 5.41) is 3.34. The van der Waals surface area contributed by atoms with Crippen LogP contribution in [0.1, 0.15) is 37.6 Å². The van der Waals surface area contributed by atoms with Crippen molar-refractivity contribution in [2.24, 2.45) is 5.92 Å². The predicted octanol–water partition coefficient (Wildman–Crippen LogP) is 1.75. The second kappa shape index (κ2) is 4.71. The predicted molar refractivity (Wildman–Crippen MR) is 60.8 cm³/mol. The maximum atomic E-state index is 4.46. The molecule has 0 aliphatic carbocycles. The topological polar surface area (TPSA) is 37.8 Å². The maximum Gasteiger partial charge on any atom is 0.132 e. The van der Waals surface area contributed by atoms with Crippen molar-refractivity contribution in [1.29, 1.82) is 0 Å². The number of rotatable bonds is 3. The molecule has 1 atom stereocenters. The van der Waals surface area contributed by atoms with Crippen LogP contribution in [0.2, 0.25) is 0 Å². The molecule has 1 fully saturated rings. The van der Waals surface area contributed by atoms with E-state index in [2.05, 4.69) is 29.1 Å². The average Bonchev–Trinajstić information content (AvgIpc) is 2.71. The molecule has 1 aliphatic rings. The molecule has 1 saturated heterocycles. The van der Waals surface area contributed by atoms with E-state index in [1.165, 1.54) is 12.0 Å². The van der Waals surface area contributed by atoms with Crippen LogP contribution in [0.15, 0.2) is 12.4 Å². The Bertz CT molecular complexity index is 299. The van der Waals surface area contributed by atoms with Crippen LogP contribution < -0.4 is 5.32 Å². The van der Waals surface area contributed by atoms with Crippen LogP contribution in [0.3, 0.4) is 0 Å². The molecule has 0 spiro atoms. The Kier molecular flexibility index (Phi) is 3.31. The Labute approximate surface area is 91.3 Å². The Morgan fingerprint density at radius 1 is 1.40 bits per heavy atom. The molecule has 0 radical (unpaired) electrons. The van der Waals surface area contributed by atoms with Crippen molar-refractivity contribution < 1.29 is 0 Å². The fraction of sp³-hybridized carbons (Fsp3) is 0.667. The monoisotopic (exact) mass is 205 g/mol. The number of hydrogen-bond donors (Lipinski definition) is 1. The van der Waals surface area contributed by atoms with Crippen molar-refractivity contribution in [3.05, 3.63) is 23.8 Å². The second-order valence-electron chi connectivity index (χ2n) is 4.74. The van der Waals surface area contributed by atoms with E-state index in [0.29, 0.717) is 11.8 Å². The molecule has 3 nitrogen and oxygen atoms in total. The zero-order chi connectivity index (χ0) is 10.7. The number of aromatic nitrogens is 2. The van der Waals surface area contributed by atoms with Gasteiger partial charge in [0, 0.05) is 24.9 Å². The van der Waals surface area contributed by atoms with Crippen molar-refractivity contribution in [2.45, 2.75) is 32.6 Å². The number of hydrogen-bond acceptors (Lipinski definition) is 3. The van der Waals surface area contributed by atoms with E-state index in [4.69, 9.17) is 0 Å². The van der Waals surface area contributed by atoms with E-state index >= 15 is 0 Å². The lowest BCUT2D eigenvalue weighted by atomic mass is 10.1. The Hall–Kier alpha value is -0.960. The van der Waals surface area contributed by atoms with Crippen molar-refractivity contribution in [1.82, 2.24) is 15.3 Å². The molecular formula is C12H19N3. The lowest BCUT2D eigenvalue weighted by molar-refractivity contribution is 0.636. The lowest BCUT2D eigenvalue weighted by Gasteiger charge is -2.08. The normalized spacial score (nSPS) is 21.1. The standard InChI is InChI=1S/C12H19N3/c1-9(2)5-10-6-14-12(15-7-10)11-3-4-13-8-11/h6-7,9,11,13H,3-5,8H2,1-2H3. The van der Waals surface area contributed by atoms with Crippen LogP contribution in [0, 0.1) is 5.92 Å². The summed E-state index contributed by atoms with van der Waals surface area (Å²) in [6.07, 6.45) is 6.22. The summed E-state index contributed by atoms with van der Waals surface area (Å²) in [6.45, 7) is 6.56. The molecule has 0 aromatic carbocycles. The van der Waals surface area contributed by atoms with Gasteiger partial charge in [0.25, 0.3) is 0 Å². The first-order valence-corrected chi connectivity index (χ1v) is 5.77. The van der Waals surface area contributed by atoms with Crippen molar-refractivity contribution in [3.63, 3.8) is 0 Å². The van der Waals surface area contributed by atoms with E-state index in [1.54, 1.807) is 0 Å². The first-order valence-electron chi connectivity index (χ1n) is 5.77. The minimum absolute atomic E-state index is 0.526. The first kappa shape index (κ1) is 10.6. The molecule has 0 saturated carbocycles. The fourth-order valence-electron chi connectivity index (χ4n) is 2.03. The first-order chi connectivity index (χ1) is 7.25. The van der Waals surface area contributed by atoms with Gasteiger partial charge in [-0.05, 0) is 30.9 Å². The van der Waals surface area contributed by atoms with Crippen LogP contribution in [-0.2, 0) is 6.42 Å². The fourth-order valence-corrected chi connectivity index (χ4v) is 2.03. The molecule has 3 heteroatoms.